The van der Waals surface area contributed by atoms with E-state index in [1.54, 1.807) is 0 Å². The number of hydrogen-bond donors (Lipinski definition) is 1. The average Bonchev–Trinajstić information content (AvgIpc) is 2.43. The molecular formula is C18H22ClNO. The summed E-state index contributed by atoms with van der Waals surface area (Å²) in [6, 6.07) is 14.3. The van der Waals surface area contributed by atoms with E-state index in [9.17, 15) is 0 Å². The first-order valence-corrected chi connectivity index (χ1v) is 7.63. The normalized spacial score (nSPS) is 12.3. The molecule has 1 atom stereocenters. The Bertz CT molecular complexity index is 593. The number of halogens is 1. The molecule has 1 unspecified atom stereocenters. The zero-order valence-corrected chi connectivity index (χ0v) is 13.7. The lowest BCUT2D eigenvalue weighted by Gasteiger charge is -2.18. The summed E-state index contributed by atoms with van der Waals surface area (Å²) in [5, 5.41) is 4.25. The molecule has 0 saturated heterocycles. The minimum Gasteiger partial charge on any atom is -0.491 e. The van der Waals surface area contributed by atoms with Crippen molar-refractivity contribution in [1.29, 1.82) is 0 Å². The number of benzene rings is 2. The Hall–Kier alpha value is -1.67. The lowest BCUT2D eigenvalue weighted by molar-refractivity contribution is 0.242. The van der Waals surface area contributed by atoms with Crippen molar-refractivity contribution >= 4 is 17.3 Å². The van der Waals surface area contributed by atoms with Crippen molar-refractivity contribution in [3.63, 3.8) is 0 Å². The van der Waals surface area contributed by atoms with Crippen molar-refractivity contribution in [3.05, 3.63) is 58.6 Å². The Balaban J connectivity index is 2.09. The molecule has 112 valence electrons. The fourth-order valence-electron chi connectivity index (χ4n) is 2.17. The van der Waals surface area contributed by atoms with E-state index in [0.29, 0.717) is 0 Å². The van der Waals surface area contributed by atoms with Gasteiger partial charge in [-0.3, -0.25) is 0 Å². The maximum absolute atomic E-state index is 6.06. The first-order chi connectivity index (χ1) is 9.95. The zero-order valence-electron chi connectivity index (χ0n) is 13.0. The maximum Gasteiger partial charge on any atom is 0.119 e. The predicted octanol–water partition coefficient (Wildman–Crippen LogP) is 5.61. The van der Waals surface area contributed by atoms with Gasteiger partial charge in [0.2, 0.25) is 0 Å². The molecule has 0 amide bonds. The molecule has 0 heterocycles. The topological polar surface area (TPSA) is 21.3 Å². The molecule has 0 aliphatic rings. The molecule has 2 rings (SSSR count). The molecule has 0 aliphatic carbocycles. The monoisotopic (exact) mass is 303 g/mol. The third kappa shape index (κ3) is 4.40. The molecule has 2 aromatic rings. The molecule has 0 aliphatic heterocycles. The van der Waals surface area contributed by atoms with Gasteiger partial charge in [-0.15, -0.1) is 0 Å². The quantitative estimate of drug-likeness (QED) is 0.775. The van der Waals surface area contributed by atoms with Crippen molar-refractivity contribution in [2.24, 2.45) is 0 Å². The first-order valence-electron chi connectivity index (χ1n) is 7.25. The Kier molecular flexibility index (Phi) is 5.13. The van der Waals surface area contributed by atoms with Gasteiger partial charge >= 0.3 is 0 Å². The molecule has 21 heavy (non-hydrogen) atoms. The van der Waals surface area contributed by atoms with E-state index in [1.807, 2.05) is 44.2 Å². The molecule has 0 radical (unpaired) electrons. The van der Waals surface area contributed by atoms with E-state index >= 15 is 0 Å². The van der Waals surface area contributed by atoms with Gasteiger partial charge in [0.05, 0.1) is 6.10 Å². The summed E-state index contributed by atoms with van der Waals surface area (Å²) < 4.78 is 5.66. The van der Waals surface area contributed by atoms with Crippen molar-refractivity contribution in [2.45, 2.75) is 39.8 Å². The van der Waals surface area contributed by atoms with Crippen LogP contribution in [0.1, 0.15) is 37.9 Å². The highest BCUT2D eigenvalue weighted by Crippen LogP contribution is 2.26. The first kappa shape index (κ1) is 15.7. The number of rotatable bonds is 5. The van der Waals surface area contributed by atoms with E-state index in [-0.39, 0.29) is 12.1 Å². The molecule has 0 fully saturated rings. The number of anilines is 1. The van der Waals surface area contributed by atoms with Crippen LogP contribution in [0.25, 0.3) is 0 Å². The second kappa shape index (κ2) is 6.86. The van der Waals surface area contributed by atoms with Crippen LogP contribution in [0.5, 0.6) is 5.75 Å². The predicted molar refractivity (Wildman–Crippen MR) is 90.4 cm³/mol. The molecule has 3 heteroatoms. The molecule has 2 nitrogen and oxygen atoms in total. The van der Waals surface area contributed by atoms with Gasteiger partial charge in [0.15, 0.2) is 0 Å². The van der Waals surface area contributed by atoms with Crippen molar-refractivity contribution < 1.29 is 4.74 Å². The highest BCUT2D eigenvalue weighted by Gasteiger charge is 2.08. The van der Waals surface area contributed by atoms with Gasteiger partial charge in [-0.05, 0) is 63.1 Å². The highest BCUT2D eigenvalue weighted by molar-refractivity contribution is 6.30. The maximum atomic E-state index is 6.06. The summed E-state index contributed by atoms with van der Waals surface area (Å²) in [7, 11) is 0. The van der Waals surface area contributed by atoms with Crippen LogP contribution in [-0.4, -0.2) is 6.10 Å². The second-order valence-corrected chi connectivity index (χ2v) is 6.00. The van der Waals surface area contributed by atoms with Gasteiger partial charge in [-0.1, -0.05) is 29.8 Å². The number of aryl methyl sites for hydroxylation is 1. The largest absolute Gasteiger partial charge is 0.491 e. The van der Waals surface area contributed by atoms with Crippen molar-refractivity contribution in [2.75, 3.05) is 5.32 Å². The Morgan fingerprint density at radius 2 is 1.67 bits per heavy atom. The third-order valence-corrected chi connectivity index (χ3v) is 3.56. The molecule has 0 saturated carbocycles. The fourth-order valence-corrected chi connectivity index (χ4v) is 2.35. The lowest BCUT2D eigenvalue weighted by atomic mass is 10.1. The van der Waals surface area contributed by atoms with E-state index in [2.05, 4.69) is 31.3 Å². The van der Waals surface area contributed by atoms with Crippen LogP contribution < -0.4 is 10.1 Å². The molecule has 2 aromatic carbocycles. The van der Waals surface area contributed by atoms with Crippen molar-refractivity contribution in [3.8, 4) is 5.75 Å². The SMILES string of the molecule is Cc1ccc(Cl)cc1NC(C)c1ccc(OC(C)C)cc1. The summed E-state index contributed by atoms with van der Waals surface area (Å²) in [5.41, 5.74) is 3.47. The summed E-state index contributed by atoms with van der Waals surface area (Å²) in [5.74, 6) is 0.903. The molecule has 0 bridgehead atoms. The fraction of sp³-hybridized carbons (Fsp3) is 0.333. The zero-order chi connectivity index (χ0) is 15.4. The van der Waals surface area contributed by atoms with E-state index in [4.69, 9.17) is 16.3 Å². The second-order valence-electron chi connectivity index (χ2n) is 5.56. The van der Waals surface area contributed by atoms with Gasteiger partial charge in [0.25, 0.3) is 0 Å². The van der Waals surface area contributed by atoms with E-state index < -0.39 is 0 Å². The Labute approximate surface area is 132 Å². The summed E-state index contributed by atoms with van der Waals surface area (Å²) in [4.78, 5) is 0. The Morgan fingerprint density at radius 1 is 1.00 bits per heavy atom. The van der Waals surface area contributed by atoms with Gasteiger partial charge in [0, 0.05) is 16.8 Å². The Morgan fingerprint density at radius 3 is 2.29 bits per heavy atom. The smallest absolute Gasteiger partial charge is 0.119 e. The van der Waals surface area contributed by atoms with Gasteiger partial charge < -0.3 is 10.1 Å². The van der Waals surface area contributed by atoms with Crippen LogP contribution in [0.15, 0.2) is 42.5 Å². The molecular weight excluding hydrogens is 282 g/mol. The van der Waals surface area contributed by atoms with Crippen LogP contribution in [0.4, 0.5) is 5.69 Å². The van der Waals surface area contributed by atoms with Crippen molar-refractivity contribution in [1.82, 2.24) is 0 Å². The highest BCUT2D eigenvalue weighted by atomic mass is 35.5. The lowest BCUT2D eigenvalue weighted by Crippen LogP contribution is -2.08. The standard InChI is InChI=1S/C18H22ClNO/c1-12(2)21-17-9-6-15(7-10-17)14(4)20-18-11-16(19)8-5-13(18)3/h5-12,14,20H,1-4H3. The summed E-state index contributed by atoms with van der Waals surface area (Å²) in [6.07, 6.45) is 0.195. The third-order valence-electron chi connectivity index (χ3n) is 3.32. The minimum atomic E-state index is 0.195. The van der Waals surface area contributed by atoms with Gasteiger partial charge in [-0.2, -0.15) is 0 Å². The average molecular weight is 304 g/mol. The number of ether oxygens (including phenoxy) is 1. The molecule has 0 spiro atoms. The summed E-state index contributed by atoms with van der Waals surface area (Å²) in [6.45, 7) is 8.27. The van der Waals surface area contributed by atoms with Crippen LogP contribution >= 0.6 is 11.6 Å². The number of hydrogen-bond acceptors (Lipinski definition) is 2. The van der Waals surface area contributed by atoms with Crippen LogP contribution in [0.2, 0.25) is 5.02 Å². The minimum absolute atomic E-state index is 0.195. The number of nitrogens with one attached hydrogen (secondary N) is 1. The van der Waals surface area contributed by atoms with Gasteiger partial charge in [-0.25, -0.2) is 0 Å². The van der Waals surface area contributed by atoms with E-state index in [0.717, 1.165) is 16.5 Å². The molecule has 0 aromatic heterocycles. The van der Waals surface area contributed by atoms with Crippen LogP contribution in [0, 0.1) is 6.92 Å². The van der Waals surface area contributed by atoms with E-state index in [1.165, 1.54) is 11.1 Å². The summed E-state index contributed by atoms with van der Waals surface area (Å²) >= 11 is 6.06. The molecule has 1 N–H and O–H groups in total. The van der Waals surface area contributed by atoms with Crippen LogP contribution in [-0.2, 0) is 0 Å². The van der Waals surface area contributed by atoms with Gasteiger partial charge in [0.1, 0.15) is 5.75 Å². The van der Waals surface area contributed by atoms with Crippen LogP contribution in [0.3, 0.4) is 0 Å².